The largest absolute Gasteiger partial charge is 0.489 e. The topological polar surface area (TPSA) is 78.3 Å². The second-order valence-corrected chi connectivity index (χ2v) is 4.88. The van der Waals surface area contributed by atoms with E-state index in [9.17, 15) is 4.79 Å². The van der Waals surface area contributed by atoms with Gasteiger partial charge in [0.1, 0.15) is 12.4 Å². The molecule has 1 amide bonds. The average molecular weight is 321 g/mol. The minimum Gasteiger partial charge on any atom is -0.489 e. The molecule has 0 aliphatic carbocycles. The highest BCUT2D eigenvalue weighted by molar-refractivity contribution is 9.10. The van der Waals surface area contributed by atoms with Gasteiger partial charge in [0.15, 0.2) is 0 Å². The van der Waals surface area contributed by atoms with Crippen LogP contribution in [-0.4, -0.2) is 5.91 Å². The van der Waals surface area contributed by atoms with Crippen LogP contribution in [-0.2, 0) is 6.61 Å². The van der Waals surface area contributed by atoms with Crippen molar-refractivity contribution in [1.29, 1.82) is 0 Å². The molecule has 0 saturated heterocycles. The summed E-state index contributed by atoms with van der Waals surface area (Å²) in [4.78, 5) is 10.9. The van der Waals surface area contributed by atoms with Crippen LogP contribution in [0.2, 0.25) is 0 Å². The lowest BCUT2D eigenvalue weighted by atomic mass is 10.2. The lowest BCUT2D eigenvalue weighted by Gasteiger charge is -2.08. The van der Waals surface area contributed by atoms with Crippen LogP contribution >= 0.6 is 15.9 Å². The molecule has 0 radical (unpaired) electrons. The number of carbonyl (C=O) groups is 1. The first kappa shape index (κ1) is 13.4. The first-order valence-corrected chi connectivity index (χ1v) is 6.42. The fourth-order valence-electron chi connectivity index (χ4n) is 1.56. The number of benzene rings is 2. The van der Waals surface area contributed by atoms with Gasteiger partial charge in [0.05, 0.1) is 0 Å². The molecule has 98 valence electrons. The second-order valence-electron chi connectivity index (χ2n) is 4.03. The number of carbonyl (C=O) groups excluding carboxylic acids is 1. The lowest BCUT2D eigenvalue weighted by Crippen LogP contribution is -2.10. The first-order valence-electron chi connectivity index (χ1n) is 5.63. The maximum Gasteiger partial charge on any atom is 0.248 e. The smallest absolute Gasteiger partial charge is 0.248 e. The van der Waals surface area contributed by atoms with E-state index in [-0.39, 0.29) is 0 Å². The molecule has 0 aliphatic heterocycles. The Morgan fingerprint density at radius 1 is 1.16 bits per heavy atom. The van der Waals surface area contributed by atoms with Gasteiger partial charge >= 0.3 is 0 Å². The Morgan fingerprint density at radius 3 is 2.42 bits per heavy atom. The Bertz CT molecular complexity index is 597. The molecule has 0 heterocycles. The Balaban J connectivity index is 2.04. The highest BCUT2D eigenvalue weighted by Crippen LogP contribution is 2.22. The zero-order valence-corrected chi connectivity index (χ0v) is 11.7. The Morgan fingerprint density at radius 2 is 1.84 bits per heavy atom. The molecular formula is C14H13BrN2O2. The van der Waals surface area contributed by atoms with Crippen molar-refractivity contribution in [1.82, 2.24) is 0 Å². The summed E-state index contributed by atoms with van der Waals surface area (Å²) in [5, 5.41) is 0. The Hall–Kier alpha value is -2.01. The summed E-state index contributed by atoms with van der Waals surface area (Å²) in [6, 6.07) is 12.2. The number of hydrogen-bond donors (Lipinski definition) is 2. The molecule has 4 nitrogen and oxygen atoms in total. The highest BCUT2D eigenvalue weighted by Gasteiger charge is 2.03. The predicted molar refractivity (Wildman–Crippen MR) is 77.8 cm³/mol. The minimum atomic E-state index is -0.451. The zero-order chi connectivity index (χ0) is 13.8. The maximum absolute atomic E-state index is 10.9. The number of nitrogens with two attached hydrogens (primary N) is 2. The lowest BCUT2D eigenvalue weighted by molar-refractivity contribution is 0.100. The molecule has 2 aromatic rings. The number of nitrogen functional groups attached to an aromatic ring is 1. The van der Waals surface area contributed by atoms with Gasteiger partial charge in [0, 0.05) is 21.3 Å². The third-order valence-electron chi connectivity index (χ3n) is 2.61. The predicted octanol–water partition coefficient (Wildman–Crippen LogP) is 2.71. The summed E-state index contributed by atoms with van der Waals surface area (Å²) in [6.45, 7) is 0.413. The molecule has 2 rings (SSSR count). The SMILES string of the molecule is NC(=O)c1ccc(OCc2ccc(N)cc2Br)cc1. The summed E-state index contributed by atoms with van der Waals surface area (Å²) in [5.74, 6) is 0.224. The van der Waals surface area contributed by atoms with Crippen LogP contribution in [0.4, 0.5) is 5.69 Å². The van der Waals surface area contributed by atoms with E-state index >= 15 is 0 Å². The van der Waals surface area contributed by atoms with Gasteiger partial charge in [-0.05, 0) is 36.4 Å². The van der Waals surface area contributed by atoms with E-state index in [2.05, 4.69) is 15.9 Å². The molecule has 0 bridgehead atoms. The molecular weight excluding hydrogens is 308 g/mol. The molecule has 0 saturated carbocycles. The van der Waals surface area contributed by atoms with Crippen LogP contribution < -0.4 is 16.2 Å². The van der Waals surface area contributed by atoms with Gasteiger partial charge < -0.3 is 16.2 Å². The molecule has 0 aliphatic rings. The van der Waals surface area contributed by atoms with Gasteiger partial charge in [-0.2, -0.15) is 0 Å². The van der Waals surface area contributed by atoms with Gasteiger partial charge in [-0.1, -0.05) is 22.0 Å². The molecule has 0 aromatic heterocycles. The van der Waals surface area contributed by atoms with E-state index in [4.69, 9.17) is 16.2 Å². The second kappa shape index (κ2) is 5.75. The number of halogens is 1. The Labute approximate surface area is 119 Å². The summed E-state index contributed by atoms with van der Waals surface area (Å²) in [5.41, 5.74) is 13.0. The molecule has 2 aromatic carbocycles. The number of primary amides is 1. The molecule has 0 unspecified atom stereocenters. The molecule has 0 spiro atoms. The third kappa shape index (κ3) is 3.48. The van der Waals surface area contributed by atoms with E-state index in [1.807, 2.05) is 18.2 Å². The third-order valence-corrected chi connectivity index (χ3v) is 3.35. The van der Waals surface area contributed by atoms with Crippen molar-refractivity contribution in [3.63, 3.8) is 0 Å². The van der Waals surface area contributed by atoms with Crippen LogP contribution in [0.25, 0.3) is 0 Å². The number of ether oxygens (including phenoxy) is 1. The fraction of sp³-hybridized carbons (Fsp3) is 0.0714. The molecule has 19 heavy (non-hydrogen) atoms. The minimum absolute atomic E-state index is 0.413. The van der Waals surface area contributed by atoms with Gasteiger partial charge in [-0.3, -0.25) is 4.79 Å². The van der Waals surface area contributed by atoms with E-state index in [0.29, 0.717) is 23.6 Å². The van der Waals surface area contributed by atoms with E-state index < -0.39 is 5.91 Å². The van der Waals surface area contributed by atoms with Crippen molar-refractivity contribution < 1.29 is 9.53 Å². The van der Waals surface area contributed by atoms with Crippen LogP contribution in [0.5, 0.6) is 5.75 Å². The number of amides is 1. The highest BCUT2D eigenvalue weighted by atomic mass is 79.9. The van der Waals surface area contributed by atoms with Crippen molar-refractivity contribution in [3.8, 4) is 5.75 Å². The van der Waals surface area contributed by atoms with Crippen LogP contribution in [0.1, 0.15) is 15.9 Å². The zero-order valence-electron chi connectivity index (χ0n) is 10.1. The van der Waals surface area contributed by atoms with Gasteiger partial charge in [0.25, 0.3) is 0 Å². The van der Waals surface area contributed by atoms with Crippen LogP contribution in [0.15, 0.2) is 46.9 Å². The summed E-state index contributed by atoms with van der Waals surface area (Å²) in [6.07, 6.45) is 0. The van der Waals surface area contributed by atoms with Gasteiger partial charge in [0.2, 0.25) is 5.91 Å². The molecule has 0 atom stereocenters. The maximum atomic E-state index is 10.9. The molecule has 4 N–H and O–H groups in total. The first-order chi connectivity index (χ1) is 9.06. The van der Waals surface area contributed by atoms with E-state index in [1.54, 1.807) is 24.3 Å². The molecule has 0 fully saturated rings. The quantitative estimate of drug-likeness (QED) is 0.850. The van der Waals surface area contributed by atoms with E-state index in [0.717, 1.165) is 10.0 Å². The van der Waals surface area contributed by atoms with E-state index in [1.165, 1.54) is 0 Å². The Kier molecular flexibility index (Phi) is 4.06. The normalized spacial score (nSPS) is 10.2. The summed E-state index contributed by atoms with van der Waals surface area (Å²) < 4.78 is 6.53. The average Bonchev–Trinajstić information content (AvgIpc) is 2.38. The summed E-state index contributed by atoms with van der Waals surface area (Å²) >= 11 is 3.43. The molecule has 5 heteroatoms. The fourth-order valence-corrected chi connectivity index (χ4v) is 2.07. The van der Waals surface area contributed by atoms with Crippen molar-refractivity contribution in [2.45, 2.75) is 6.61 Å². The van der Waals surface area contributed by atoms with Crippen molar-refractivity contribution in [2.24, 2.45) is 5.73 Å². The monoisotopic (exact) mass is 320 g/mol. The van der Waals surface area contributed by atoms with Crippen LogP contribution in [0, 0.1) is 0 Å². The standard InChI is InChI=1S/C14H13BrN2O2/c15-13-7-11(16)4-1-10(13)8-19-12-5-2-9(3-6-12)14(17)18/h1-7H,8,16H2,(H2,17,18). The number of anilines is 1. The van der Waals surface area contributed by atoms with Crippen molar-refractivity contribution in [3.05, 3.63) is 58.1 Å². The summed E-state index contributed by atoms with van der Waals surface area (Å²) in [7, 11) is 0. The van der Waals surface area contributed by atoms with Gasteiger partial charge in [-0.25, -0.2) is 0 Å². The van der Waals surface area contributed by atoms with Crippen molar-refractivity contribution >= 4 is 27.5 Å². The van der Waals surface area contributed by atoms with Crippen molar-refractivity contribution in [2.75, 3.05) is 5.73 Å². The van der Waals surface area contributed by atoms with Crippen LogP contribution in [0.3, 0.4) is 0 Å². The number of rotatable bonds is 4. The van der Waals surface area contributed by atoms with Gasteiger partial charge in [-0.15, -0.1) is 0 Å². The number of hydrogen-bond acceptors (Lipinski definition) is 3.